The van der Waals surface area contributed by atoms with Gasteiger partial charge in [-0.3, -0.25) is 0 Å². The van der Waals surface area contributed by atoms with Crippen molar-refractivity contribution >= 4 is 11.6 Å². The van der Waals surface area contributed by atoms with Gasteiger partial charge in [-0.05, 0) is 38.1 Å². The number of nitrogens with one attached hydrogen (secondary N) is 1. The molecule has 0 aliphatic rings. The summed E-state index contributed by atoms with van der Waals surface area (Å²) in [5, 5.41) is 13.6. The monoisotopic (exact) mass is 213 g/mol. The van der Waals surface area contributed by atoms with Gasteiger partial charge in [-0.15, -0.1) is 0 Å². The van der Waals surface area contributed by atoms with Crippen molar-refractivity contribution in [2.24, 2.45) is 0 Å². The van der Waals surface area contributed by atoms with Crippen LogP contribution < -0.4 is 5.32 Å². The third-order valence-corrected chi connectivity index (χ3v) is 2.39. The van der Waals surface area contributed by atoms with Gasteiger partial charge in [-0.25, -0.2) is 0 Å². The Hall–Kier alpha value is -0.730. The normalized spacial score (nSPS) is 12.8. The van der Waals surface area contributed by atoms with Gasteiger partial charge in [-0.1, -0.05) is 18.5 Å². The van der Waals surface area contributed by atoms with Gasteiger partial charge in [0, 0.05) is 16.6 Å². The Morgan fingerprint density at radius 1 is 1.50 bits per heavy atom. The molecule has 1 aromatic rings. The van der Waals surface area contributed by atoms with Crippen LogP contribution in [0.25, 0.3) is 0 Å². The average molecular weight is 214 g/mol. The smallest absolute Gasteiger partial charge is 0.120 e. The van der Waals surface area contributed by atoms with Gasteiger partial charge in [-0.2, -0.15) is 0 Å². The molecule has 0 heterocycles. The van der Waals surface area contributed by atoms with Crippen molar-refractivity contribution in [3.63, 3.8) is 0 Å². The number of phenolic OH excluding ortho intramolecular Hbond substituents is 1. The molecule has 0 saturated carbocycles. The molecule has 1 unspecified atom stereocenters. The second kappa shape index (κ2) is 5.23. The van der Waals surface area contributed by atoms with Crippen molar-refractivity contribution in [1.29, 1.82) is 0 Å². The van der Waals surface area contributed by atoms with E-state index in [1.807, 2.05) is 6.92 Å². The Labute approximate surface area is 89.9 Å². The van der Waals surface area contributed by atoms with Gasteiger partial charge in [0.1, 0.15) is 5.75 Å². The summed E-state index contributed by atoms with van der Waals surface area (Å²) in [6.45, 7) is 5.06. The number of halogens is 1. The summed E-state index contributed by atoms with van der Waals surface area (Å²) in [5.74, 6) is 0.297. The second-order valence-electron chi connectivity index (χ2n) is 3.38. The number of phenols is 1. The Morgan fingerprint density at radius 2 is 2.21 bits per heavy atom. The molecular formula is C11H16ClNO. The lowest BCUT2D eigenvalue weighted by Crippen LogP contribution is -2.19. The van der Waals surface area contributed by atoms with Gasteiger partial charge < -0.3 is 10.4 Å². The average Bonchev–Trinajstić information content (AvgIpc) is 2.18. The van der Waals surface area contributed by atoms with Crippen LogP contribution in [0.2, 0.25) is 5.02 Å². The molecule has 1 aromatic carbocycles. The zero-order valence-corrected chi connectivity index (χ0v) is 9.30. The molecule has 78 valence electrons. The minimum absolute atomic E-state index is 0.133. The van der Waals surface area contributed by atoms with E-state index < -0.39 is 0 Å². The summed E-state index contributed by atoms with van der Waals surface area (Å²) in [4.78, 5) is 0. The van der Waals surface area contributed by atoms with Crippen molar-refractivity contribution in [3.05, 3.63) is 28.8 Å². The van der Waals surface area contributed by atoms with Crippen molar-refractivity contribution in [1.82, 2.24) is 5.32 Å². The molecule has 0 fully saturated rings. The fourth-order valence-electron chi connectivity index (χ4n) is 1.34. The number of rotatable bonds is 4. The zero-order chi connectivity index (χ0) is 10.6. The van der Waals surface area contributed by atoms with Crippen molar-refractivity contribution < 1.29 is 5.11 Å². The van der Waals surface area contributed by atoms with Crippen molar-refractivity contribution in [2.75, 3.05) is 6.54 Å². The molecule has 2 N–H and O–H groups in total. The maximum absolute atomic E-state index is 9.61. The third-order valence-electron chi connectivity index (χ3n) is 2.16. The summed E-state index contributed by atoms with van der Waals surface area (Å²) in [6, 6.07) is 5.24. The summed E-state index contributed by atoms with van der Waals surface area (Å²) in [6.07, 6.45) is 1.08. The molecule has 0 aliphatic carbocycles. The molecule has 0 aromatic heterocycles. The topological polar surface area (TPSA) is 32.3 Å². The van der Waals surface area contributed by atoms with Crippen LogP contribution in [0.4, 0.5) is 0 Å². The van der Waals surface area contributed by atoms with Crippen LogP contribution in [0, 0.1) is 0 Å². The molecule has 0 spiro atoms. The number of benzene rings is 1. The van der Waals surface area contributed by atoms with Crippen LogP contribution >= 0.6 is 11.6 Å². The molecular weight excluding hydrogens is 198 g/mol. The molecule has 0 amide bonds. The van der Waals surface area contributed by atoms with Crippen LogP contribution in [0.15, 0.2) is 18.2 Å². The SMILES string of the molecule is CCCNC(C)c1cc(Cl)ccc1O. The quantitative estimate of drug-likeness (QED) is 0.806. The Balaban J connectivity index is 2.77. The molecule has 3 heteroatoms. The first-order chi connectivity index (χ1) is 6.65. The van der Waals surface area contributed by atoms with E-state index in [0.29, 0.717) is 10.8 Å². The first kappa shape index (κ1) is 11.3. The van der Waals surface area contributed by atoms with Gasteiger partial charge >= 0.3 is 0 Å². The fourth-order valence-corrected chi connectivity index (χ4v) is 1.52. The minimum Gasteiger partial charge on any atom is -0.508 e. The predicted molar refractivity (Wildman–Crippen MR) is 59.8 cm³/mol. The molecule has 0 aliphatic heterocycles. The molecule has 0 saturated heterocycles. The third kappa shape index (κ3) is 2.89. The van der Waals surface area contributed by atoms with Crippen molar-refractivity contribution in [2.45, 2.75) is 26.3 Å². The van der Waals surface area contributed by atoms with E-state index in [4.69, 9.17) is 11.6 Å². The van der Waals surface area contributed by atoms with Gasteiger partial charge in [0.25, 0.3) is 0 Å². The maximum atomic E-state index is 9.61. The fraction of sp³-hybridized carbons (Fsp3) is 0.455. The highest BCUT2D eigenvalue weighted by atomic mass is 35.5. The molecule has 0 radical (unpaired) electrons. The standard InChI is InChI=1S/C11H16ClNO/c1-3-6-13-8(2)10-7-9(12)4-5-11(10)14/h4-5,7-8,13-14H,3,6H2,1-2H3. The summed E-state index contributed by atoms with van der Waals surface area (Å²) >= 11 is 5.86. The lowest BCUT2D eigenvalue weighted by atomic mass is 10.1. The molecule has 2 nitrogen and oxygen atoms in total. The zero-order valence-electron chi connectivity index (χ0n) is 8.55. The first-order valence-electron chi connectivity index (χ1n) is 4.87. The van der Waals surface area contributed by atoms with E-state index in [-0.39, 0.29) is 6.04 Å². The van der Waals surface area contributed by atoms with Crippen LogP contribution in [0.1, 0.15) is 31.9 Å². The lowest BCUT2D eigenvalue weighted by Gasteiger charge is -2.15. The van der Waals surface area contributed by atoms with E-state index in [1.165, 1.54) is 0 Å². The van der Waals surface area contributed by atoms with E-state index in [2.05, 4.69) is 12.2 Å². The van der Waals surface area contributed by atoms with Crippen molar-refractivity contribution in [3.8, 4) is 5.75 Å². The van der Waals surface area contributed by atoms with E-state index in [1.54, 1.807) is 18.2 Å². The Kier molecular flexibility index (Phi) is 4.23. The summed E-state index contributed by atoms with van der Waals surface area (Å²) in [7, 11) is 0. The van der Waals surface area contributed by atoms with E-state index >= 15 is 0 Å². The highest BCUT2D eigenvalue weighted by Gasteiger charge is 2.09. The Morgan fingerprint density at radius 3 is 2.86 bits per heavy atom. The van der Waals surface area contributed by atoms with Gasteiger partial charge in [0.15, 0.2) is 0 Å². The highest BCUT2D eigenvalue weighted by Crippen LogP contribution is 2.26. The Bertz CT molecular complexity index is 301. The van der Waals surface area contributed by atoms with Crippen LogP contribution in [0.5, 0.6) is 5.75 Å². The second-order valence-corrected chi connectivity index (χ2v) is 3.82. The van der Waals surface area contributed by atoms with Crippen LogP contribution in [-0.2, 0) is 0 Å². The largest absolute Gasteiger partial charge is 0.508 e. The van der Waals surface area contributed by atoms with Crippen LogP contribution in [-0.4, -0.2) is 11.7 Å². The predicted octanol–water partition coefficient (Wildman–Crippen LogP) is 3.11. The van der Waals surface area contributed by atoms with E-state index in [9.17, 15) is 5.11 Å². The highest BCUT2D eigenvalue weighted by molar-refractivity contribution is 6.30. The maximum Gasteiger partial charge on any atom is 0.120 e. The minimum atomic E-state index is 0.133. The number of hydrogen-bond donors (Lipinski definition) is 2. The summed E-state index contributed by atoms with van der Waals surface area (Å²) in [5.41, 5.74) is 0.853. The van der Waals surface area contributed by atoms with E-state index in [0.717, 1.165) is 18.5 Å². The molecule has 1 rings (SSSR count). The molecule has 0 bridgehead atoms. The number of hydrogen-bond acceptors (Lipinski definition) is 2. The number of aromatic hydroxyl groups is 1. The molecule has 14 heavy (non-hydrogen) atoms. The van der Waals surface area contributed by atoms with Gasteiger partial charge in [0.05, 0.1) is 0 Å². The van der Waals surface area contributed by atoms with Crippen LogP contribution in [0.3, 0.4) is 0 Å². The first-order valence-corrected chi connectivity index (χ1v) is 5.24. The van der Waals surface area contributed by atoms with Gasteiger partial charge in [0.2, 0.25) is 0 Å². The summed E-state index contributed by atoms with van der Waals surface area (Å²) < 4.78 is 0. The molecule has 1 atom stereocenters. The lowest BCUT2D eigenvalue weighted by molar-refractivity contribution is 0.452.